The molecule has 0 aliphatic rings. The quantitative estimate of drug-likeness (QED) is 0.668. The second kappa shape index (κ2) is 9.08. The van der Waals surface area contributed by atoms with E-state index in [1.165, 1.54) is 7.11 Å². The molecule has 6 heteroatoms. The normalized spacial score (nSPS) is 14.1. The highest BCUT2D eigenvalue weighted by atomic mass is 32.2. The third-order valence-electron chi connectivity index (χ3n) is 2.45. The van der Waals surface area contributed by atoms with E-state index in [9.17, 15) is 13.8 Å². The molecule has 2 atom stereocenters. The zero-order chi connectivity index (χ0) is 14.1. The van der Waals surface area contributed by atoms with Crippen LogP contribution in [0.3, 0.4) is 0 Å². The average Bonchev–Trinajstić information content (AvgIpc) is 2.27. The van der Waals surface area contributed by atoms with Gasteiger partial charge >= 0.3 is 5.97 Å². The van der Waals surface area contributed by atoms with Crippen molar-refractivity contribution in [2.45, 2.75) is 38.9 Å². The number of carbonyl (C=O) groups excluding carboxylic acids is 2. The summed E-state index contributed by atoms with van der Waals surface area (Å²) in [7, 11) is -0.0558. The van der Waals surface area contributed by atoms with Gasteiger partial charge < -0.3 is 10.1 Å². The maximum absolute atomic E-state index is 11.7. The summed E-state index contributed by atoms with van der Waals surface area (Å²) in [6, 6.07) is 0. The number of rotatable bonds is 8. The molecule has 0 aliphatic carbocycles. The minimum atomic E-state index is -1.34. The van der Waals surface area contributed by atoms with Gasteiger partial charge in [-0.1, -0.05) is 20.8 Å². The molecule has 0 saturated heterocycles. The Bertz CT molecular complexity index is 304. The summed E-state index contributed by atoms with van der Waals surface area (Å²) in [6.45, 7) is 6.42. The van der Waals surface area contributed by atoms with Crippen molar-refractivity contribution in [3.63, 3.8) is 0 Å². The first-order chi connectivity index (χ1) is 8.36. The molecule has 0 rings (SSSR count). The lowest BCUT2D eigenvalue weighted by molar-refractivity contribution is -0.140. The number of carbonyl (C=O) groups is 2. The van der Waals surface area contributed by atoms with Crippen molar-refractivity contribution >= 4 is 22.7 Å². The Labute approximate surface area is 111 Å². The van der Waals surface area contributed by atoms with Crippen LogP contribution in [0.1, 0.15) is 33.6 Å². The number of methoxy groups -OCH3 is 1. The van der Waals surface area contributed by atoms with Gasteiger partial charge in [-0.2, -0.15) is 0 Å². The van der Waals surface area contributed by atoms with Crippen LogP contribution in [0.5, 0.6) is 0 Å². The van der Waals surface area contributed by atoms with Crippen molar-refractivity contribution in [3.8, 4) is 0 Å². The minimum absolute atomic E-state index is 0.0593. The Kier molecular flexibility index (Phi) is 8.62. The molecule has 0 aromatic carbocycles. The topological polar surface area (TPSA) is 72.5 Å². The molecule has 1 amide bonds. The fourth-order valence-electron chi connectivity index (χ4n) is 1.23. The first kappa shape index (κ1) is 17.1. The lowest BCUT2D eigenvalue weighted by Gasteiger charge is -2.11. The van der Waals surface area contributed by atoms with E-state index in [1.807, 2.05) is 0 Å². The van der Waals surface area contributed by atoms with Crippen molar-refractivity contribution in [1.82, 2.24) is 5.32 Å². The van der Waals surface area contributed by atoms with Crippen molar-refractivity contribution in [2.75, 3.05) is 19.4 Å². The van der Waals surface area contributed by atoms with Crippen molar-refractivity contribution in [1.29, 1.82) is 0 Å². The Morgan fingerprint density at radius 3 is 2.39 bits per heavy atom. The highest BCUT2D eigenvalue weighted by Crippen LogP contribution is 2.03. The smallest absolute Gasteiger partial charge is 0.306 e. The molecule has 2 unspecified atom stereocenters. The lowest BCUT2D eigenvalue weighted by atomic mass is 10.1. The molecule has 18 heavy (non-hydrogen) atoms. The summed E-state index contributed by atoms with van der Waals surface area (Å²) in [5, 5.41) is 2.35. The predicted molar refractivity (Wildman–Crippen MR) is 71.6 cm³/mol. The Balaban J connectivity index is 3.92. The summed E-state index contributed by atoms with van der Waals surface area (Å²) in [4.78, 5) is 22.5. The third kappa shape index (κ3) is 8.22. The van der Waals surface area contributed by atoms with Gasteiger partial charge in [-0.3, -0.25) is 13.8 Å². The van der Waals surface area contributed by atoms with Crippen molar-refractivity contribution in [2.24, 2.45) is 5.92 Å². The molecule has 0 radical (unpaired) electrons. The first-order valence-electron chi connectivity index (χ1n) is 6.07. The summed E-state index contributed by atoms with van der Waals surface area (Å²) < 4.78 is 16.2. The van der Waals surface area contributed by atoms with Gasteiger partial charge in [-0.15, -0.1) is 0 Å². The van der Waals surface area contributed by atoms with E-state index in [-0.39, 0.29) is 23.3 Å². The SMILES string of the molecule is COC(=O)CC(C)S(=O)CC(=O)NCCC(C)C. The number of hydrogen-bond acceptors (Lipinski definition) is 4. The van der Waals surface area contributed by atoms with Crippen molar-refractivity contribution < 1.29 is 18.5 Å². The molecule has 0 aromatic rings. The van der Waals surface area contributed by atoms with Gasteiger partial charge in [0.1, 0.15) is 5.75 Å². The molecule has 106 valence electrons. The van der Waals surface area contributed by atoms with E-state index >= 15 is 0 Å². The van der Waals surface area contributed by atoms with Crippen LogP contribution in [0.4, 0.5) is 0 Å². The first-order valence-corrected chi connectivity index (χ1v) is 7.45. The van der Waals surface area contributed by atoms with E-state index in [2.05, 4.69) is 23.9 Å². The number of nitrogens with one attached hydrogen (secondary N) is 1. The maximum Gasteiger partial charge on any atom is 0.306 e. The highest BCUT2D eigenvalue weighted by Gasteiger charge is 2.18. The molecule has 5 nitrogen and oxygen atoms in total. The third-order valence-corrected chi connectivity index (χ3v) is 4.06. The fourth-order valence-corrected chi connectivity index (χ4v) is 2.20. The molecule has 0 saturated carbocycles. The molecule has 0 aromatic heterocycles. The molecule has 0 fully saturated rings. The second-order valence-electron chi connectivity index (χ2n) is 4.65. The molecule has 0 aliphatic heterocycles. The fraction of sp³-hybridized carbons (Fsp3) is 0.833. The van der Waals surface area contributed by atoms with Crippen LogP contribution in [0.15, 0.2) is 0 Å². The van der Waals surface area contributed by atoms with Gasteiger partial charge in [0.05, 0.1) is 13.5 Å². The average molecular weight is 277 g/mol. The summed E-state index contributed by atoms with van der Waals surface area (Å²) in [6.07, 6.45) is 0.971. The zero-order valence-electron chi connectivity index (χ0n) is 11.5. The molecule has 1 N–H and O–H groups in total. The van der Waals surface area contributed by atoms with Crippen LogP contribution >= 0.6 is 0 Å². The number of hydrogen-bond donors (Lipinski definition) is 1. The van der Waals surface area contributed by atoms with Crippen molar-refractivity contribution in [3.05, 3.63) is 0 Å². The van der Waals surface area contributed by atoms with Gasteiger partial charge in [0, 0.05) is 22.6 Å². The molecule has 0 heterocycles. The summed E-state index contributed by atoms with van der Waals surface area (Å²) in [5.74, 6) is -0.174. The number of esters is 1. The van der Waals surface area contributed by atoms with Crippen LogP contribution in [0, 0.1) is 5.92 Å². The minimum Gasteiger partial charge on any atom is -0.469 e. The molecule has 0 spiro atoms. The van der Waals surface area contributed by atoms with Gasteiger partial charge in [-0.05, 0) is 12.3 Å². The van der Waals surface area contributed by atoms with Gasteiger partial charge in [0.2, 0.25) is 5.91 Å². The number of amides is 1. The Hall–Kier alpha value is -0.910. The zero-order valence-corrected chi connectivity index (χ0v) is 12.3. The summed E-state index contributed by atoms with van der Waals surface area (Å²) in [5.41, 5.74) is 0. The van der Waals surface area contributed by atoms with Crippen LogP contribution in [0.25, 0.3) is 0 Å². The van der Waals surface area contributed by atoms with Crippen LogP contribution in [-0.4, -0.2) is 40.7 Å². The van der Waals surface area contributed by atoms with Crippen LogP contribution < -0.4 is 5.32 Å². The van der Waals surface area contributed by atoms with Gasteiger partial charge in [0.15, 0.2) is 0 Å². The van der Waals surface area contributed by atoms with E-state index < -0.39 is 16.8 Å². The van der Waals surface area contributed by atoms with Gasteiger partial charge in [-0.25, -0.2) is 0 Å². The van der Waals surface area contributed by atoms with Gasteiger partial charge in [0.25, 0.3) is 0 Å². The second-order valence-corrected chi connectivity index (χ2v) is 6.50. The molecular weight excluding hydrogens is 254 g/mol. The molecule has 0 bridgehead atoms. The lowest BCUT2D eigenvalue weighted by Crippen LogP contribution is -2.32. The molecular formula is C12H23NO4S. The number of ether oxygens (including phenoxy) is 1. The van der Waals surface area contributed by atoms with E-state index in [1.54, 1.807) is 6.92 Å². The monoisotopic (exact) mass is 277 g/mol. The van der Waals surface area contributed by atoms with E-state index in [0.717, 1.165) is 6.42 Å². The Morgan fingerprint density at radius 1 is 1.28 bits per heavy atom. The largest absolute Gasteiger partial charge is 0.469 e. The standard InChI is InChI=1S/C12H23NO4S/c1-9(2)5-6-13-11(14)8-18(16)10(3)7-12(15)17-4/h9-10H,5-8H2,1-4H3,(H,13,14). The van der Waals surface area contributed by atoms with E-state index in [4.69, 9.17) is 0 Å². The van der Waals surface area contributed by atoms with Crippen LogP contribution in [-0.2, 0) is 25.1 Å². The Morgan fingerprint density at radius 2 is 1.89 bits per heavy atom. The highest BCUT2D eigenvalue weighted by molar-refractivity contribution is 7.86. The maximum atomic E-state index is 11.7. The predicted octanol–water partition coefficient (Wildman–Crippen LogP) is 0.849. The van der Waals surface area contributed by atoms with Crippen LogP contribution in [0.2, 0.25) is 0 Å². The summed E-state index contributed by atoms with van der Waals surface area (Å²) >= 11 is 0. The van der Waals surface area contributed by atoms with E-state index in [0.29, 0.717) is 12.5 Å².